The van der Waals surface area contributed by atoms with Crippen LogP contribution in [0, 0.1) is 0 Å². The van der Waals surface area contributed by atoms with E-state index in [1.54, 1.807) is 36.4 Å². The number of nitrogens with zero attached hydrogens (tertiary/aromatic N) is 1. The molecular weight excluding hydrogens is 328 g/mol. The predicted molar refractivity (Wildman–Crippen MR) is 73.4 cm³/mol. The van der Waals surface area contributed by atoms with Gasteiger partial charge in [-0.1, -0.05) is 36.4 Å². The van der Waals surface area contributed by atoms with Crippen LogP contribution in [0.5, 0.6) is 0 Å². The van der Waals surface area contributed by atoms with E-state index in [9.17, 15) is 9.59 Å². The van der Waals surface area contributed by atoms with Crippen molar-refractivity contribution < 1.29 is 44.8 Å². The Hall–Kier alpha value is -2.24. The van der Waals surface area contributed by atoms with Crippen molar-refractivity contribution in [1.82, 2.24) is 0 Å². The Morgan fingerprint density at radius 1 is 0.762 bits per heavy atom. The molecule has 0 fully saturated rings. The summed E-state index contributed by atoms with van der Waals surface area (Å²) in [5, 5.41) is 18.5. The topological polar surface area (TPSA) is 124 Å². The largest absolute Gasteiger partial charge is 2.00 e. The maximum Gasteiger partial charge on any atom is 2.00 e. The summed E-state index contributed by atoms with van der Waals surface area (Å²) in [5.41, 5.74) is 0.955. The van der Waals surface area contributed by atoms with Crippen molar-refractivity contribution in [2.45, 2.75) is 0 Å². The van der Waals surface area contributed by atoms with E-state index in [0.29, 0.717) is 11.4 Å². The van der Waals surface area contributed by atoms with E-state index in [4.69, 9.17) is 10.2 Å². The summed E-state index contributed by atoms with van der Waals surface area (Å²) in [6.45, 7) is 0. The van der Waals surface area contributed by atoms with Gasteiger partial charge < -0.3 is 21.0 Å². The maximum atomic E-state index is 11.2. The van der Waals surface area contributed by atoms with Gasteiger partial charge in [0.2, 0.25) is 0 Å². The van der Waals surface area contributed by atoms with Gasteiger partial charge in [-0.05, 0) is 12.1 Å². The minimum absolute atomic E-state index is 0. The second-order valence-electron chi connectivity index (χ2n) is 3.80. The van der Waals surface area contributed by atoms with Gasteiger partial charge in [0.1, 0.15) is 11.1 Å². The van der Waals surface area contributed by atoms with Gasteiger partial charge >= 0.3 is 31.4 Å². The summed E-state index contributed by atoms with van der Waals surface area (Å²) in [6, 6.07) is 12.8. The fourth-order valence-corrected chi connectivity index (χ4v) is 1.66. The van der Waals surface area contributed by atoms with E-state index in [1.807, 2.05) is 0 Å². The zero-order valence-corrected chi connectivity index (χ0v) is 14.0. The molecular formula is C14H13NO5Zn+2. The van der Waals surface area contributed by atoms with E-state index < -0.39 is 11.9 Å². The second kappa shape index (κ2) is 8.14. The average Bonchev–Trinajstić information content (AvgIpc) is 2.39. The molecule has 0 aliphatic carbocycles. The SMILES string of the molecule is O=C([OH2+])c1ccccc1[N-]c1ccccc1C(=O)[OH2+].[OH-].[Zn+2]. The zero-order chi connectivity index (χ0) is 13.8. The van der Waals surface area contributed by atoms with Gasteiger partial charge in [0.15, 0.2) is 0 Å². The molecule has 6 nitrogen and oxygen atoms in total. The minimum atomic E-state index is -0.839. The van der Waals surface area contributed by atoms with Crippen molar-refractivity contribution >= 4 is 23.3 Å². The molecule has 104 valence electrons. The third kappa shape index (κ3) is 4.37. The van der Waals surface area contributed by atoms with Crippen LogP contribution in [0.25, 0.3) is 5.32 Å². The molecule has 0 amide bonds. The molecule has 7 heteroatoms. The van der Waals surface area contributed by atoms with Gasteiger partial charge in [-0.25, -0.2) is 0 Å². The minimum Gasteiger partial charge on any atom is -0.870 e. The third-order valence-electron chi connectivity index (χ3n) is 2.54. The molecule has 2 aromatic carbocycles. The van der Waals surface area contributed by atoms with Crippen molar-refractivity contribution in [2.24, 2.45) is 0 Å². The Morgan fingerprint density at radius 3 is 1.43 bits per heavy atom. The molecule has 0 bridgehead atoms. The molecule has 2 rings (SSSR count). The first kappa shape index (κ1) is 18.8. The van der Waals surface area contributed by atoms with Crippen molar-refractivity contribution in [2.75, 3.05) is 0 Å². The zero-order valence-electron chi connectivity index (χ0n) is 11.0. The molecule has 21 heavy (non-hydrogen) atoms. The molecule has 2 aromatic rings. The van der Waals surface area contributed by atoms with Crippen LogP contribution >= 0.6 is 0 Å². The van der Waals surface area contributed by atoms with Crippen molar-refractivity contribution in [3.8, 4) is 0 Å². The molecule has 0 aliphatic rings. The first-order valence-electron chi connectivity index (χ1n) is 5.51. The number of hydrogen-bond donors (Lipinski definition) is 0. The first-order chi connectivity index (χ1) is 9.09. The molecule has 0 spiro atoms. The predicted octanol–water partition coefficient (Wildman–Crippen LogP) is 1.57. The number of carbonyl (C=O) groups excluding carboxylic acids is 2. The van der Waals surface area contributed by atoms with E-state index in [1.165, 1.54) is 12.1 Å². The van der Waals surface area contributed by atoms with Crippen molar-refractivity contribution in [3.63, 3.8) is 0 Å². The molecule has 0 unspecified atom stereocenters. The van der Waals surface area contributed by atoms with Crippen LogP contribution in [0.3, 0.4) is 0 Å². The Labute approximate surface area is 133 Å². The van der Waals surface area contributed by atoms with Gasteiger partial charge in [0.05, 0.1) is 0 Å². The Balaban J connectivity index is 0.00000200. The van der Waals surface area contributed by atoms with Crippen molar-refractivity contribution in [1.29, 1.82) is 0 Å². The molecule has 0 saturated carbocycles. The van der Waals surface area contributed by atoms with Gasteiger partial charge in [-0.2, -0.15) is 0 Å². The van der Waals surface area contributed by atoms with E-state index in [-0.39, 0.29) is 36.1 Å². The standard InChI is InChI=1S/C14H10NO4.H2O.Zn/c16-13(17)9-5-1-3-7-11(9)15-12-8-4-2-6-10(12)14(18)19;;/h1-8H,(H,16,17)(H,18,19);1H2;/q-1;;+2/p+1. The van der Waals surface area contributed by atoms with Crippen LogP contribution in [0.1, 0.15) is 20.7 Å². The molecule has 0 aliphatic heterocycles. The van der Waals surface area contributed by atoms with Gasteiger partial charge in [0, 0.05) is 9.59 Å². The van der Waals surface area contributed by atoms with Gasteiger partial charge in [-0.15, -0.1) is 11.4 Å². The first-order valence-corrected chi connectivity index (χ1v) is 5.51. The van der Waals surface area contributed by atoms with Crippen LogP contribution in [0.2, 0.25) is 0 Å². The van der Waals surface area contributed by atoms with E-state index >= 15 is 0 Å². The average molecular weight is 341 g/mol. The molecule has 0 saturated heterocycles. The molecule has 5 N–H and O–H groups in total. The summed E-state index contributed by atoms with van der Waals surface area (Å²) >= 11 is 0. The van der Waals surface area contributed by atoms with Gasteiger partial charge in [-0.3, -0.25) is 0 Å². The summed E-state index contributed by atoms with van der Waals surface area (Å²) in [7, 11) is 0. The van der Waals surface area contributed by atoms with E-state index in [2.05, 4.69) is 5.32 Å². The fourth-order valence-electron chi connectivity index (χ4n) is 1.66. The third-order valence-corrected chi connectivity index (χ3v) is 2.54. The summed E-state index contributed by atoms with van der Waals surface area (Å²) in [4.78, 5) is 22.4. The quantitative estimate of drug-likeness (QED) is 0.619. The number of benzene rings is 2. The molecule has 0 radical (unpaired) electrons. The number of rotatable bonds is 4. The van der Waals surface area contributed by atoms with E-state index in [0.717, 1.165) is 0 Å². The molecule has 0 atom stereocenters. The monoisotopic (exact) mass is 339 g/mol. The van der Waals surface area contributed by atoms with Crippen LogP contribution in [0.15, 0.2) is 48.5 Å². The molecule has 0 aromatic heterocycles. The number of hydrogen-bond acceptors (Lipinski definition) is 3. The normalized spacial score (nSPS) is 8.95. The van der Waals surface area contributed by atoms with Crippen LogP contribution in [0.4, 0.5) is 11.4 Å². The Kier molecular flexibility index (Phi) is 7.27. The molecule has 0 heterocycles. The summed E-state index contributed by atoms with van der Waals surface area (Å²) in [6.07, 6.45) is 0. The summed E-state index contributed by atoms with van der Waals surface area (Å²) < 4.78 is 0. The van der Waals surface area contributed by atoms with Crippen LogP contribution in [-0.2, 0) is 19.5 Å². The van der Waals surface area contributed by atoms with Crippen LogP contribution in [-0.4, -0.2) is 27.6 Å². The maximum absolute atomic E-state index is 11.2. The second-order valence-corrected chi connectivity index (χ2v) is 3.80. The fraction of sp³-hybridized carbons (Fsp3) is 0. The van der Waals surface area contributed by atoms with Gasteiger partial charge in [0.25, 0.3) is 0 Å². The summed E-state index contributed by atoms with van der Waals surface area (Å²) in [5.74, 6) is -1.68. The number of carbonyl (C=O) groups is 2. The smallest absolute Gasteiger partial charge is 0.870 e. The van der Waals surface area contributed by atoms with Crippen molar-refractivity contribution in [3.05, 3.63) is 65.0 Å². The van der Waals surface area contributed by atoms with Crippen LogP contribution < -0.4 is 0 Å². The Morgan fingerprint density at radius 2 is 1.10 bits per heavy atom. The Bertz CT molecular complexity index is 589. The number of para-hydroxylation sites is 2.